The molecule has 1 aromatic carbocycles. The molecule has 1 fully saturated rings. The van der Waals surface area contributed by atoms with E-state index in [1.807, 2.05) is 0 Å². The minimum absolute atomic E-state index is 0.00865. The van der Waals surface area contributed by atoms with Gasteiger partial charge in [-0.25, -0.2) is 4.39 Å². The fourth-order valence-corrected chi connectivity index (χ4v) is 2.83. The van der Waals surface area contributed by atoms with Gasteiger partial charge < -0.3 is 14.7 Å². The number of aliphatic hydroxyl groups is 1. The number of hydrogen-bond acceptors (Lipinski definition) is 3. The van der Waals surface area contributed by atoms with E-state index in [0.717, 1.165) is 0 Å². The van der Waals surface area contributed by atoms with Gasteiger partial charge >= 0.3 is 0 Å². The largest absolute Gasteiger partial charge is 0.388 e. The van der Waals surface area contributed by atoms with Gasteiger partial charge in [-0.3, -0.25) is 4.79 Å². The number of ether oxygens (including phenoxy) is 1. The number of nitrogens with zero attached hydrogens (tertiary/aromatic N) is 1. The highest BCUT2D eigenvalue weighted by Gasteiger charge is 2.33. The second-order valence-electron chi connectivity index (χ2n) is 5.09. The predicted octanol–water partition coefficient (Wildman–Crippen LogP) is 2.20. The van der Waals surface area contributed by atoms with Crippen LogP contribution in [-0.4, -0.2) is 48.3 Å². The Morgan fingerprint density at radius 3 is 2.75 bits per heavy atom. The third kappa shape index (κ3) is 3.37. The summed E-state index contributed by atoms with van der Waals surface area (Å²) in [5.41, 5.74) is -0.967. The van der Waals surface area contributed by atoms with E-state index in [0.29, 0.717) is 30.5 Å². The van der Waals surface area contributed by atoms with Crippen LogP contribution >= 0.6 is 15.9 Å². The van der Waals surface area contributed by atoms with Crippen LogP contribution in [0.4, 0.5) is 4.39 Å². The van der Waals surface area contributed by atoms with Gasteiger partial charge in [-0.05, 0) is 28.1 Å². The van der Waals surface area contributed by atoms with E-state index in [1.165, 1.54) is 17.0 Å². The van der Waals surface area contributed by atoms with Crippen LogP contribution in [0.2, 0.25) is 0 Å². The second kappa shape index (κ2) is 6.20. The zero-order chi connectivity index (χ0) is 14.8. The molecule has 4 nitrogen and oxygen atoms in total. The van der Waals surface area contributed by atoms with E-state index in [-0.39, 0.29) is 12.1 Å². The van der Waals surface area contributed by atoms with Crippen LogP contribution in [0.15, 0.2) is 22.7 Å². The monoisotopic (exact) mass is 345 g/mol. The lowest BCUT2D eigenvalue weighted by Gasteiger charge is -2.35. The summed E-state index contributed by atoms with van der Waals surface area (Å²) >= 11 is 3.18. The van der Waals surface area contributed by atoms with E-state index in [1.54, 1.807) is 13.1 Å². The Morgan fingerprint density at radius 1 is 1.50 bits per heavy atom. The van der Waals surface area contributed by atoms with E-state index >= 15 is 0 Å². The molecule has 110 valence electrons. The van der Waals surface area contributed by atoms with Crippen molar-refractivity contribution >= 4 is 21.8 Å². The molecule has 0 atom stereocenters. The molecule has 2 rings (SSSR count). The number of rotatable bonds is 3. The van der Waals surface area contributed by atoms with Crippen LogP contribution in [-0.2, 0) is 4.74 Å². The molecule has 1 N–H and O–H groups in total. The van der Waals surface area contributed by atoms with Gasteiger partial charge in [0.2, 0.25) is 0 Å². The SMILES string of the molecule is CN(CC1(O)CCOCC1)C(=O)c1c(F)cccc1Br. The van der Waals surface area contributed by atoms with Crippen molar-refractivity contribution < 1.29 is 19.0 Å². The first kappa shape index (κ1) is 15.4. The number of likely N-dealkylation sites (N-methyl/N-ethyl adjacent to an activating group) is 1. The summed E-state index contributed by atoms with van der Waals surface area (Å²) in [4.78, 5) is 13.7. The van der Waals surface area contributed by atoms with Crippen molar-refractivity contribution in [2.24, 2.45) is 0 Å². The molecule has 20 heavy (non-hydrogen) atoms. The van der Waals surface area contributed by atoms with Gasteiger partial charge in [-0.2, -0.15) is 0 Å². The van der Waals surface area contributed by atoms with Crippen LogP contribution in [0.25, 0.3) is 0 Å². The quantitative estimate of drug-likeness (QED) is 0.913. The smallest absolute Gasteiger partial charge is 0.257 e. The molecule has 1 saturated heterocycles. The van der Waals surface area contributed by atoms with Crippen molar-refractivity contribution in [2.45, 2.75) is 18.4 Å². The number of halogens is 2. The molecule has 1 aliphatic heterocycles. The van der Waals surface area contributed by atoms with Gasteiger partial charge in [-0.1, -0.05) is 6.07 Å². The Kier molecular flexibility index (Phi) is 4.78. The van der Waals surface area contributed by atoms with Crippen LogP contribution in [0.5, 0.6) is 0 Å². The third-order valence-electron chi connectivity index (χ3n) is 3.48. The molecule has 0 bridgehead atoms. The molecule has 1 heterocycles. The van der Waals surface area contributed by atoms with Crippen molar-refractivity contribution in [3.8, 4) is 0 Å². The first-order chi connectivity index (χ1) is 9.43. The molecule has 0 aromatic heterocycles. The zero-order valence-corrected chi connectivity index (χ0v) is 12.8. The number of benzene rings is 1. The molecule has 1 aliphatic rings. The highest BCUT2D eigenvalue weighted by molar-refractivity contribution is 9.10. The summed E-state index contributed by atoms with van der Waals surface area (Å²) in [6, 6.07) is 4.39. The molecular formula is C14H17BrFNO3. The van der Waals surface area contributed by atoms with Crippen molar-refractivity contribution in [3.05, 3.63) is 34.1 Å². The molecule has 1 aromatic rings. The van der Waals surface area contributed by atoms with Crippen LogP contribution in [0, 0.1) is 5.82 Å². The molecule has 0 aliphatic carbocycles. The van der Waals surface area contributed by atoms with Crippen LogP contribution in [0.1, 0.15) is 23.2 Å². The first-order valence-electron chi connectivity index (χ1n) is 6.42. The lowest BCUT2D eigenvalue weighted by molar-refractivity contribution is -0.0734. The predicted molar refractivity (Wildman–Crippen MR) is 76.1 cm³/mol. The summed E-state index contributed by atoms with van der Waals surface area (Å²) in [6.45, 7) is 1.11. The maximum absolute atomic E-state index is 13.8. The highest BCUT2D eigenvalue weighted by atomic mass is 79.9. The molecule has 0 spiro atoms. The molecular weight excluding hydrogens is 329 g/mol. The van der Waals surface area contributed by atoms with Gasteiger partial charge in [0.05, 0.1) is 11.2 Å². The molecule has 0 saturated carbocycles. The number of amides is 1. The summed E-state index contributed by atoms with van der Waals surface area (Å²) in [5, 5.41) is 10.4. The van der Waals surface area contributed by atoms with Crippen molar-refractivity contribution in [2.75, 3.05) is 26.8 Å². The van der Waals surface area contributed by atoms with E-state index in [9.17, 15) is 14.3 Å². The first-order valence-corrected chi connectivity index (χ1v) is 7.22. The highest BCUT2D eigenvalue weighted by Crippen LogP contribution is 2.24. The molecule has 0 unspecified atom stereocenters. The Labute approximate surface area is 125 Å². The van der Waals surface area contributed by atoms with Crippen LogP contribution in [0.3, 0.4) is 0 Å². The number of carbonyl (C=O) groups excluding carboxylic acids is 1. The van der Waals surface area contributed by atoms with Crippen LogP contribution < -0.4 is 0 Å². The normalized spacial score (nSPS) is 17.8. The van der Waals surface area contributed by atoms with Crippen molar-refractivity contribution in [3.63, 3.8) is 0 Å². The summed E-state index contributed by atoms with van der Waals surface area (Å²) in [6.07, 6.45) is 0.951. The molecule has 0 radical (unpaired) electrons. The third-order valence-corrected chi connectivity index (χ3v) is 4.14. The van der Waals surface area contributed by atoms with E-state index in [2.05, 4.69) is 15.9 Å². The standard InChI is InChI=1S/C14H17BrFNO3/c1-17(9-14(19)5-7-20-8-6-14)13(18)12-10(15)3-2-4-11(12)16/h2-4,19H,5-9H2,1H3. The molecule has 1 amide bonds. The fraction of sp³-hybridized carbons (Fsp3) is 0.500. The lowest BCUT2D eigenvalue weighted by atomic mass is 9.93. The lowest BCUT2D eigenvalue weighted by Crippen LogP contribution is -2.47. The van der Waals surface area contributed by atoms with Gasteiger partial charge in [0, 0.05) is 44.1 Å². The Morgan fingerprint density at radius 2 is 2.15 bits per heavy atom. The summed E-state index contributed by atoms with van der Waals surface area (Å²) in [5.74, 6) is -1.02. The summed E-state index contributed by atoms with van der Waals surface area (Å²) < 4.78 is 19.4. The Hall–Kier alpha value is -0.980. The van der Waals surface area contributed by atoms with E-state index in [4.69, 9.17) is 4.74 Å². The van der Waals surface area contributed by atoms with Gasteiger partial charge in [0.25, 0.3) is 5.91 Å². The average Bonchev–Trinajstić information content (AvgIpc) is 2.38. The minimum Gasteiger partial charge on any atom is -0.388 e. The maximum Gasteiger partial charge on any atom is 0.257 e. The number of carbonyl (C=O) groups is 1. The average molecular weight is 346 g/mol. The van der Waals surface area contributed by atoms with Gasteiger partial charge in [-0.15, -0.1) is 0 Å². The van der Waals surface area contributed by atoms with Crippen molar-refractivity contribution in [1.82, 2.24) is 4.90 Å². The second-order valence-corrected chi connectivity index (χ2v) is 5.95. The van der Waals surface area contributed by atoms with Gasteiger partial charge in [0.1, 0.15) is 5.82 Å². The Balaban J connectivity index is 2.12. The van der Waals surface area contributed by atoms with Crippen molar-refractivity contribution in [1.29, 1.82) is 0 Å². The topological polar surface area (TPSA) is 49.8 Å². The fourth-order valence-electron chi connectivity index (χ4n) is 2.32. The Bertz CT molecular complexity index is 483. The minimum atomic E-state index is -0.958. The summed E-state index contributed by atoms with van der Waals surface area (Å²) in [7, 11) is 1.56. The van der Waals surface area contributed by atoms with Gasteiger partial charge in [0.15, 0.2) is 0 Å². The zero-order valence-electron chi connectivity index (χ0n) is 11.2. The van der Waals surface area contributed by atoms with E-state index < -0.39 is 17.3 Å². The number of hydrogen-bond donors (Lipinski definition) is 1. The maximum atomic E-state index is 13.8. The molecule has 6 heteroatoms.